The molecule has 7 heteroatoms. The molecule has 0 saturated heterocycles. The topological polar surface area (TPSA) is 80.8 Å². The zero-order valence-electron chi connectivity index (χ0n) is 15.8. The lowest BCUT2D eigenvalue weighted by molar-refractivity contribution is 0.399. The van der Waals surface area contributed by atoms with Crippen molar-refractivity contribution in [3.63, 3.8) is 0 Å². The van der Waals surface area contributed by atoms with E-state index in [1.54, 1.807) is 17.5 Å². The molecule has 1 aromatic carbocycles. The molecule has 5 rings (SSSR count). The number of methoxy groups -OCH3 is 1. The summed E-state index contributed by atoms with van der Waals surface area (Å²) in [5, 5.41) is 2.49. The maximum Gasteiger partial charge on any atom is 0.196 e. The Morgan fingerprint density at radius 1 is 1.10 bits per heavy atom. The van der Waals surface area contributed by atoms with Crippen molar-refractivity contribution < 1.29 is 4.74 Å². The first-order chi connectivity index (χ1) is 14.1. The first kappa shape index (κ1) is 17.5. The first-order valence-corrected chi connectivity index (χ1v) is 9.84. The van der Waals surface area contributed by atoms with Crippen LogP contribution in [0.3, 0.4) is 0 Å². The molecular formula is C22H16N4O2S. The van der Waals surface area contributed by atoms with Gasteiger partial charge in [-0.05, 0) is 36.8 Å². The third kappa shape index (κ3) is 3.05. The molecule has 4 aromatic heterocycles. The van der Waals surface area contributed by atoms with Crippen molar-refractivity contribution >= 4 is 33.3 Å². The van der Waals surface area contributed by atoms with E-state index in [0.717, 1.165) is 37.6 Å². The van der Waals surface area contributed by atoms with E-state index in [4.69, 9.17) is 9.72 Å². The average molecular weight is 400 g/mol. The van der Waals surface area contributed by atoms with Crippen LogP contribution in [0.15, 0.2) is 59.7 Å². The van der Waals surface area contributed by atoms with Crippen LogP contribution in [0.25, 0.3) is 43.6 Å². The number of rotatable bonds is 3. The number of thiazole rings is 1. The van der Waals surface area contributed by atoms with Crippen molar-refractivity contribution in [2.75, 3.05) is 7.11 Å². The van der Waals surface area contributed by atoms with Gasteiger partial charge in [0.05, 0.1) is 33.6 Å². The highest BCUT2D eigenvalue weighted by Gasteiger charge is 2.16. The van der Waals surface area contributed by atoms with Crippen molar-refractivity contribution in [3.8, 4) is 27.6 Å². The van der Waals surface area contributed by atoms with E-state index in [9.17, 15) is 4.79 Å². The van der Waals surface area contributed by atoms with Gasteiger partial charge in [-0.15, -0.1) is 11.3 Å². The Hall–Kier alpha value is -3.58. The van der Waals surface area contributed by atoms with Crippen LogP contribution in [0.5, 0.6) is 5.88 Å². The van der Waals surface area contributed by atoms with Crippen molar-refractivity contribution in [2.24, 2.45) is 0 Å². The van der Waals surface area contributed by atoms with Gasteiger partial charge in [0.25, 0.3) is 0 Å². The molecule has 4 heterocycles. The third-order valence-electron chi connectivity index (χ3n) is 4.78. The monoisotopic (exact) mass is 400 g/mol. The van der Waals surface area contributed by atoms with Crippen molar-refractivity contribution in [1.29, 1.82) is 0 Å². The Kier molecular flexibility index (Phi) is 4.10. The van der Waals surface area contributed by atoms with E-state index < -0.39 is 0 Å². The minimum atomic E-state index is -0.140. The molecule has 1 N–H and O–H groups in total. The molecule has 0 bridgehead atoms. The largest absolute Gasteiger partial charge is 0.482 e. The van der Waals surface area contributed by atoms with Crippen molar-refractivity contribution in [3.05, 3.63) is 70.1 Å². The molecule has 0 unspecified atom stereocenters. The normalized spacial score (nSPS) is 11.2. The van der Waals surface area contributed by atoms with Gasteiger partial charge in [-0.2, -0.15) is 0 Å². The number of nitrogens with one attached hydrogen (secondary N) is 1. The first-order valence-electron chi connectivity index (χ1n) is 9.02. The van der Waals surface area contributed by atoms with E-state index >= 15 is 0 Å². The molecule has 0 spiro atoms. The summed E-state index contributed by atoms with van der Waals surface area (Å²) in [4.78, 5) is 30.2. The quantitative estimate of drug-likeness (QED) is 0.479. The van der Waals surface area contributed by atoms with Crippen LogP contribution >= 0.6 is 11.3 Å². The van der Waals surface area contributed by atoms with Gasteiger partial charge in [0.2, 0.25) is 0 Å². The van der Waals surface area contributed by atoms with E-state index in [1.807, 2.05) is 43.5 Å². The Bertz CT molecular complexity index is 1440. The predicted molar refractivity (Wildman–Crippen MR) is 115 cm³/mol. The van der Waals surface area contributed by atoms with Crippen LogP contribution in [-0.2, 0) is 0 Å². The smallest absolute Gasteiger partial charge is 0.196 e. The number of benzene rings is 1. The van der Waals surface area contributed by atoms with Crippen LogP contribution in [0.4, 0.5) is 0 Å². The van der Waals surface area contributed by atoms with Gasteiger partial charge in [-0.3, -0.25) is 9.78 Å². The third-order valence-corrected chi connectivity index (χ3v) is 5.70. The maximum atomic E-state index is 12.6. The minimum Gasteiger partial charge on any atom is -0.482 e. The molecule has 29 heavy (non-hydrogen) atoms. The lowest BCUT2D eigenvalue weighted by atomic mass is 10.00. The molecule has 0 radical (unpaired) electrons. The highest BCUT2D eigenvalue weighted by atomic mass is 32.1. The van der Waals surface area contributed by atoms with Crippen molar-refractivity contribution in [1.82, 2.24) is 19.9 Å². The Balaban J connectivity index is 1.84. The van der Waals surface area contributed by atoms with E-state index in [-0.39, 0.29) is 5.43 Å². The zero-order valence-corrected chi connectivity index (χ0v) is 16.6. The summed E-state index contributed by atoms with van der Waals surface area (Å²) in [7, 11) is 1.52. The second kappa shape index (κ2) is 6.79. The number of aryl methyl sites for hydroxylation is 1. The Labute approximate surface area is 169 Å². The highest BCUT2D eigenvalue weighted by Crippen LogP contribution is 2.36. The number of hydrogen-bond donors (Lipinski definition) is 1. The summed E-state index contributed by atoms with van der Waals surface area (Å²) in [6.45, 7) is 1.96. The van der Waals surface area contributed by atoms with Gasteiger partial charge in [-0.25, -0.2) is 9.97 Å². The highest BCUT2D eigenvalue weighted by molar-refractivity contribution is 7.15. The summed E-state index contributed by atoms with van der Waals surface area (Å²) in [6, 6.07) is 13.3. The zero-order chi connectivity index (χ0) is 20.0. The molecule has 5 aromatic rings. The van der Waals surface area contributed by atoms with E-state index in [1.165, 1.54) is 13.2 Å². The lowest BCUT2D eigenvalue weighted by Crippen LogP contribution is -2.06. The van der Waals surface area contributed by atoms with E-state index in [0.29, 0.717) is 16.9 Å². The molecule has 142 valence electrons. The lowest BCUT2D eigenvalue weighted by Gasteiger charge is -2.11. The Morgan fingerprint density at radius 2 is 2.00 bits per heavy atom. The fraction of sp³-hybridized carbons (Fsp3) is 0.0909. The molecule has 0 atom stereocenters. The van der Waals surface area contributed by atoms with Gasteiger partial charge in [0, 0.05) is 29.4 Å². The number of aromatic nitrogens is 4. The maximum absolute atomic E-state index is 12.6. The van der Waals surface area contributed by atoms with E-state index in [2.05, 4.69) is 21.0 Å². The predicted octanol–water partition coefficient (Wildman–Crippen LogP) is 4.58. The Morgan fingerprint density at radius 3 is 2.79 bits per heavy atom. The summed E-state index contributed by atoms with van der Waals surface area (Å²) in [5.41, 5.74) is 3.89. The number of H-pyrrole nitrogens is 1. The number of nitrogens with zero attached hydrogens (tertiary/aromatic N) is 3. The standard InChI is InChI=1S/C22H16N4O2S/c1-12-24-11-19(29-12)21-15(13-5-6-17-14(8-13)4-3-7-23-17)9-16-18(27)10-20(28-2)25-22(16)26-21/h3-11H,1-2H3,(H,25,26,27). The average Bonchev–Trinajstić information content (AvgIpc) is 3.18. The number of aromatic amines is 1. The number of fused-ring (bicyclic) bond motifs is 2. The molecule has 0 aliphatic rings. The van der Waals surface area contributed by atoms with Gasteiger partial charge < -0.3 is 9.72 Å². The summed E-state index contributed by atoms with van der Waals surface area (Å²) < 4.78 is 5.20. The molecule has 0 amide bonds. The molecular weight excluding hydrogens is 384 g/mol. The van der Waals surface area contributed by atoms with Crippen LogP contribution in [0.2, 0.25) is 0 Å². The summed E-state index contributed by atoms with van der Waals surface area (Å²) in [6.07, 6.45) is 3.59. The van der Waals surface area contributed by atoms with Gasteiger partial charge in [0.15, 0.2) is 11.3 Å². The fourth-order valence-electron chi connectivity index (χ4n) is 3.38. The second-order valence-corrected chi connectivity index (χ2v) is 7.87. The molecule has 0 aliphatic heterocycles. The number of ether oxygens (including phenoxy) is 1. The number of hydrogen-bond acceptors (Lipinski definition) is 6. The van der Waals surface area contributed by atoms with Gasteiger partial charge in [0.1, 0.15) is 5.65 Å². The fourth-order valence-corrected chi connectivity index (χ4v) is 4.16. The van der Waals surface area contributed by atoms with Crippen LogP contribution in [0, 0.1) is 6.92 Å². The van der Waals surface area contributed by atoms with Crippen LogP contribution in [0.1, 0.15) is 5.01 Å². The van der Waals surface area contributed by atoms with Crippen LogP contribution in [-0.4, -0.2) is 27.0 Å². The van der Waals surface area contributed by atoms with Gasteiger partial charge >= 0.3 is 0 Å². The van der Waals surface area contributed by atoms with Gasteiger partial charge in [-0.1, -0.05) is 12.1 Å². The van der Waals surface area contributed by atoms with Crippen molar-refractivity contribution in [2.45, 2.75) is 6.92 Å². The minimum absolute atomic E-state index is 0.140. The second-order valence-electron chi connectivity index (χ2n) is 6.64. The molecule has 0 fully saturated rings. The molecule has 0 saturated carbocycles. The SMILES string of the molecule is COc1cc(=O)c2cc(-c3ccc4ncccc4c3)c(-c3cnc(C)s3)nc2[nH]1. The summed E-state index contributed by atoms with van der Waals surface area (Å²) in [5.74, 6) is 0.381. The van der Waals surface area contributed by atoms with Crippen LogP contribution < -0.4 is 10.2 Å². The summed E-state index contributed by atoms with van der Waals surface area (Å²) >= 11 is 1.57. The number of pyridine rings is 3. The molecule has 0 aliphatic carbocycles. The molecule has 6 nitrogen and oxygen atoms in total.